The van der Waals surface area contributed by atoms with Crippen molar-refractivity contribution in [3.8, 4) is 5.75 Å². The van der Waals surface area contributed by atoms with Gasteiger partial charge in [-0.15, -0.1) is 0 Å². The molecular weight excluding hydrogens is 399 g/mol. The predicted octanol–water partition coefficient (Wildman–Crippen LogP) is 2.37. The molecule has 0 aliphatic carbocycles. The van der Waals surface area contributed by atoms with Crippen molar-refractivity contribution in [1.29, 1.82) is 0 Å². The standard InChI is InChI=1S/C16H23N3O3.C7H8FN/c1-11(2)9-17-6-3-4-7-19-13(17)10-18-8-5-12(20)15(21)14(18)16(19)22;8-7-3-1-6(5-9)2-4-7/h5,8,11,13,21H,3-4,6-7,9-10H2,1-2H3;1-4H,5,9H2. The van der Waals surface area contributed by atoms with E-state index in [4.69, 9.17) is 5.73 Å². The number of hydrogen-bond donors (Lipinski definition) is 2. The molecule has 1 unspecified atom stereocenters. The molecule has 7 nitrogen and oxygen atoms in total. The van der Waals surface area contributed by atoms with Gasteiger partial charge in [0.05, 0.1) is 6.54 Å². The molecule has 168 valence electrons. The molecule has 3 heterocycles. The van der Waals surface area contributed by atoms with Crippen LogP contribution in [0.3, 0.4) is 0 Å². The van der Waals surface area contributed by atoms with E-state index in [2.05, 4.69) is 18.7 Å². The third-order valence-corrected chi connectivity index (χ3v) is 5.60. The van der Waals surface area contributed by atoms with E-state index in [9.17, 15) is 19.1 Å². The van der Waals surface area contributed by atoms with Crippen molar-refractivity contribution in [2.45, 2.75) is 45.9 Å². The van der Waals surface area contributed by atoms with Crippen LogP contribution in [0, 0.1) is 11.7 Å². The highest BCUT2D eigenvalue weighted by molar-refractivity contribution is 5.96. The molecule has 2 aliphatic heterocycles. The second-order valence-electron chi connectivity index (χ2n) is 8.44. The van der Waals surface area contributed by atoms with Gasteiger partial charge in [0.25, 0.3) is 5.91 Å². The first kappa shape index (κ1) is 23.0. The third-order valence-electron chi connectivity index (χ3n) is 5.60. The van der Waals surface area contributed by atoms with Crippen LogP contribution in [0.2, 0.25) is 0 Å². The quantitative estimate of drug-likeness (QED) is 0.780. The van der Waals surface area contributed by atoms with Crippen LogP contribution in [0.5, 0.6) is 5.75 Å². The molecule has 1 amide bonds. The first-order valence-electron chi connectivity index (χ1n) is 10.7. The fourth-order valence-corrected chi connectivity index (χ4v) is 4.10. The number of halogens is 1. The summed E-state index contributed by atoms with van der Waals surface area (Å²) in [6.45, 7) is 8.03. The summed E-state index contributed by atoms with van der Waals surface area (Å²) >= 11 is 0. The number of rotatable bonds is 3. The summed E-state index contributed by atoms with van der Waals surface area (Å²) in [5, 5.41) is 9.99. The lowest BCUT2D eigenvalue weighted by atomic mass is 10.1. The van der Waals surface area contributed by atoms with Gasteiger partial charge < -0.3 is 20.3 Å². The molecule has 2 aromatic rings. The van der Waals surface area contributed by atoms with Crippen molar-refractivity contribution in [3.63, 3.8) is 0 Å². The Morgan fingerprint density at radius 1 is 1.13 bits per heavy atom. The normalized spacial score (nSPS) is 18.7. The molecule has 0 spiro atoms. The molecule has 4 rings (SSSR count). The van der Waals surface area contributed by atoms with Gasteiger partial charge in [0.1, 0.15) is 12.0 Å². The van der Waals surface area contributed by atoms with Crippen molar-refractivity contribution >= 4 is 5.91 Å². The Hall–Kier alpha value is -2.71. The Balaban J connectivity index is 0.000000254. The van der Waals surface area contributed by atoms with Crippen LogP contribution in [-0.4, -0.2) is 51.2 Å². The van der Waals surface area contributed by atoms with Gasteiger partial charge in [-0.05, 0) is 36.5 Å². The number of hydrogen-bond acceptors (Lipinski definition) is 5. The number of nitrogens with two attached hydrogens (primary N) is 1. The van der Waals surface area contributed by atoms with Gasteiger partial charge in [0.2, 0.25) is 5.43 Å². The van der Waals surface area contributed by atoms with Crippen LogP contribution < -0.4 is 11.2 Å². The predicted molar refractivity (Wildman–Crippen MR) is 117 cm³/mol. The van der Waals surface area contributed by atoms with Crippen molar-refractivity contribution in [2.75, 3.05) is 19.6 Å². The molecule has 3 N–H and O–H groups in total. The van der Waals surface area contributed by atoms with E-state index in [1.165, 1.54) is 18.2 Å². The smallest absolute Gasteiger partial charge is 0.275 e. The minimum absolute atomic E-state index is 0.00630. The highest BCUT2D eigenvalue weighted by Crippen LogP contribution is 2.27. The molecule has 31 heavy (non-hydrogen) atoms. The monoisotopic (exact) mass is 430 g/mol. The van der Waals surface area contributed by atoms with Crippen molar-refractivity contribution in [3.05, 3.63) is 63.8 Å². The van der Waals surface area contributed by atoms with Crippen LogP contribution in [-0.2, 0) is 13.1 Å². The fourth-order valence-electron chi connectivity index (χ4n) is 4.10. The van der Waals surface area contributed by atoms with Gasteiger partial charge in [0, 0.05) is 38.4 Å². The number of amides is 1. The summed E-state index contributed by atoms with van der Waals surface area (Å²) in [5.41, 5.74) is 5.87. The zero-order chi connectivity index (χ0) is 22.5. The zero-order valence-electron chi connectivity index (χ0n) is 18.1. The van der Waals surface area contributed by atoms with Crippen LogP contribution in [0.25, 0.3) is 0 Å². The average molecular weight is 431 g/mol. The lowest BCUT2D eigenvalue weighted by molar-refractivity contribution is 0.0183. The number of aromatic nitrogens is 1. The Labute approximate surface area is 181 Å². The van der Waals surface area contributed by atoms with E-state index >= 15 is 0 Å². The summed E-state index contributed by atoms with van der Waals surface area (Å²) < 4.78 is 13.9. The maximum atomic E-state index is 12.8. The molecule has 1 fully saturated rings. The molecule has 1 atom stereocenters. The summed E-state index contributed by atoms with van der Waals surface area (Å²) in [6, 6.07) is 7.49. The highest BCUT2D eigenvalue weighted by atomic mass is 19.1. The minimum Gasteiger partial charge on any atom is -0.503 e. The van der Waals surface area contributed by atoms with Crippen molar-refractivity contribution < 1.29 is 14.3 Å². The number of pyridine rings is 1. The van der Waals surface area contributed by atoms with E-state index in [0.717, 1.165) is 31.5 Å². The van der Waals surface area contributed by atoms with Crippen LogP contribution >= 0.6 is 0 Å². The summed E-state index contributed by atoms with van der Waals surface area (Å²) in [5.74, 6) is -0.348. The molecule has 1 aromatic carbocycles. The van der Waals surface area contributed by atoms with Gasteiger partial charge in [-0.25, -0.2) is 4.39 Å². The first-order chi connectivity index (χ1) is 14.8. The first-order valence-corrected chi connectivity index (χ1v) is 10.7. The molecule has 0 radical (unpaired) electrons. The topological polar surface area (TPSA) is 91.8 Å². The SMILES string of the molecule is CC(C)CN1CCCCN2C(=O)c3c(O)c(=O)ccn3CC12.NCc1ccc(F)cc1. The third kappa shape index (κ3) is 5.32. The molecule has 0 bridgehead atoms. The van der Waals surface area contributed by atoms with Gasteiger partial charge in [-0.2, -0.15) is 0 Å². The summed E-state index contributed by atoms with van der Waals surface area (Å²) in [7, 11) is 0. The van der Waals surface area contributed by atoms with Gasteiger partial charge in [-0.3, -0.25) is 14.5 Å². The largest absolute Gasteiger partial charge is 0.503 e. The maximum absolute atomic E-state index is 12.8. The van der Waals surface area contributed by atoms with E-state index in [1.807, 2.05) is 4.90 Å². The number of aromatic hydroxyl groups is 1. The molecule has 2 aliphatic rings. The average Bonchev–Trinajstić information content (AvgIpc) is 2.94. The molecule has 0 saturated carbocycles. The number of nitrogens with zero attached hydrogens (tertiary/aromatic N) is 3. The Morgan fingerprint density at radius 3 is 2.45 bits per heavy atom. The number of benzene rings is 1. The zero-order valence-corrected chi connectivity index (χ0v) is 18.1. The van der Waals surface area contributed by atoms with E-state index < -0.39 is 11.2 Å². The van der Waals surface area contributed by atoms with Crippen LogP contribution in [0.15, 0.2) is 41.3 Å². The van der Waals surface area contributed by atoms with E-state index in [0.29, 0.717) is 25.6 Å². The van der Waals surface area contributed by atoms with Gasteiger partial charge in [-0.1, -0.05) is 26.0 Å². The highest BCUT2D eigenvalue weighted by Gasteiger charge is 2.38. The lowest BCUT2D eigenvalue weighted by Crippen LogP contribution is -2.56. The van der Waals surface area contributed by atoms with Crippen LogP contribution in [0.1, 0.15) is 42.7 Å². The van der Waals surface area contributed by atoms with Crippen LogP contribution in [0.4, 0.5) is 4.39 Å². The number of carbonyl (C=O) groups is 1. The number of fused-ring (bicyclic) bond motifs is 2. The molecular formula is C23H31FN4O3. The van der Waals surface area contributed by atoms with Gasteiger partial charge >= 0.3 is 0 Å². The maximum Gasteiger partial charge on any atom is 0.275 e. The van der Waals surface area contributed by atoms with E-state index in [1.54, 1.807) is 22.9 Å². The van der Waals surface area contributed by atoms with Crippen molar-refractivity contribution in [1.82, 2.24) is 14.4 Å². The lowest BCUT2D eigenvalue weighted by Gasteiger charge is -2.42. The molecule has 8 heteroatoms. The van der Waals surface area contributed by atoms with Crippen molar-refractivity contribution in [2.24, 2.45) is 11.7 Å². The van der Waals surface area contributed by atoms with Gasteiger partial charge in [0.15, 0.2) is 11.4 Å². The minimum atomic E-state index is -0.494. The number of carbonyl (C=O) groups excluding carboxylic acids is 1. The Kier molecular flexibility index (Phi) is 7.46. The second-order valence-corrected chi connectivity index (χ2v) is 8.44. The fraction of sp³-hybridized carbons (Fsp3) is 0.478. The Morgan fingerprint density at radius 2 is 1.81 bits per heavy atom. The second kappa shape index (κ2) is 10.1. The summed E-state index contributed by atoms with van der Waals surface area (Å²) in [6.07, 6.45) is 3.64. The summed E-state index contributed by atoms with van der Waals surface area (Å²) in [4.78, 5) is 28.6. The Bertz CT molecular complexity index is 958. The molecule has 1 saturated heterocycles. The molecule has 1 aromatic heterocycles. The van der Waals surface area contributed by atoms with E-state index in [-0.39, 0.29) is 23.6 Å².